The second kappa shape index (κ2) is 10.7. The largest absolute Gasteiger partial charge is 0.497 e. The predicted octanol–water partition coefficient (Wildman–Crippen LogP) is 4.02. The molecule has 9 nitrogen and oxygen atoms in total. The van der Waals surface area contributed by atoms with Gasteiger partial charge in [0.05, 0.1) is 25.2 Å². The van der Waals surface area contributed by atoms with Gasteiger partial charge in [0.2, 0.25) is 3.79 Å². The Balaban J connectivity index is 2.17. The number of rotatable bonds is 7. The molecule has 0 spiro atoms. The number of alkyl halides is 3. The highest BCUT2D eigenvalue weighted by Crippen LogP contribution is 2.31. The molecule has 0 radical (unpaired) electrons. The Morgan fingerprint density at radius 1 is 1.10 bits per heavy atom. The van der Waals surface area contributed by atoms with E-state index in [9.17, 15) is 14.9 Å². The fourth-order valence-corrected chi connectivity index (χ4v) is 2.92. The summed E-state index contributed by atoms with van der Waals surface area (Å²) in [5.74, 6) is 0.192. The van der Waals surface area contributed by atoms with Gasteiger partial charge in [0.25, 0.3) is 11.6 Å². The van der Waals surface area contributed by atoms with E-state index in [-0.39, 0.29) is 22.1 Å². The summed E-state index contributed by atoms with van der Waals surface area (Å²) in [6.45, 7) is 0. The molecule has 0 heterocycles. The molecule has 2 aromatic carbocycles. The first-order chi connectivity index (χ1) is 14.5. The third-order valence-corrected chi connectivity index (χ3v) is 4.73. The van der Waals surface area contributed by atoms with Crippen molar-refractivity contribution < 1.29 is 19.2 Å². The molecule has 166 valence electrons. The maximum Gasteiger partial charge on any atom is 0.296 e. The molecule has 0 saturated heterocycles. The number of nitrogens with zero attached hydrogens (tertiary/aromatic N) is 1. The average molecular weight is 508 g/mol. The van der Waals surface area contributed by atoms with E-state index in [2.05, 4.69) is 16.0 Å². The van der Waals surface area contributed by atoms with Crippen LogP contribution in [-0.2, 0) is 0 Å². The zero-order valence-corrected chi connectivity index (χ0v) is 19.2. The van der Waals surface area contributed by atoms with Gasteiger partial charge >= 0.3 is 0 Å². The summed E-state index contributed by atoms with van der Waals surface area (Å²) in [6.07, 6.45) is -1.27. The summed E-state index contributed by atoms with van der Waals surface area (Å²) < 4.78 is 8.07. The van der Waals surface area contributed by atoms with Crippen LogP contribution < -0.4 is 25.4 Å². The molecule has 31 heavy (non-hydrogen) atoms. The molecule has 1 atom stereocenters. The van der Waals surface area contributed by atoms with Gasteiger partial charge in [-0.3, -0.25) is 14.9 Å². The molecule has 1 amide bonds. The number of hydrogen-bond acceptors (Lipinski definition) is 6. The molecule has 0 aliphatic rings. The first-order valence-corrected chi connectivity index (χ1v) is 10.0. The lowest BCUT2D eigenvalue weighted by molar-refractivity contribution is -0.384. The lowest BCUT2D eigenvalue weighted by Crippen LogP contribution is -2.56. The number of carbonyl (C=O) groups is 1. The Kier molecular flexibility index (Phi) is 8.52. The van der Waals surface area contributed by atoms with Gasteiger partial charge in [-0.05, 0) is 42.5 Å². The quantitative estimate of drug-likeness (QED) is 0.169. The number of carbonyl (C=O) groups excluding carboxylic acids is 1. The number of thiocarbonyl (C=S) groups is 1. The maximum atomic E-state index is 12.6. The number of benzene rings is 2. The van der Waals surface area contributed by atoms with Crippen LogP contribution in [0.2, 0.25) is 0 Å². The summed E-state index contributed by atoms with van der Waals surface area (Å²) in [5.41, 5.74) is 0.0462. The van der Waals surface area contributed by atoms with Gasteiger partial charge < -0.3 is 25.4 Å². The van der Waals surface area contributed by atoms with Crippen LogP contribution in [0.25, 0.3) is 0 Å². The molecular formula is C18H17Cl3N4O5S. The van der Waals surface area contributed by atoms with Crippen molar-refractivity contribution in [2.24, 2.45) is 0 Å². The number of nitro benzene ring substituents is 1. The second-order valence-corrected chi connectivity index (χ2v) is 8.70. The van der Waals surface area contributed by atoms with E-state index in [0.29, 0.717) is 11.5 Å². The number of amides is 1. The number of methoxy groups -OCH3 is 2. The van der Waals surface area contributed by atoms with Crippen LogP contribution in [0.5, 0.6) is 11.5 Å². The fourth-order valence-electron chi connectivity index (χ4n) is 2.36. The van der Waals surface area contributed by atoms with E-state index in [1.54, 1.807) is 18.2 Å². The summed E-state index contributed by atoms with van der Waals surface area (Å²) in [5, 5.41) is 19.0. The van der Waals surface area contributed by atoms with Crippen molar-refractivity contribution in [1.29, 1.82) is 0 Å². The first-order valence-electron chi connectivity index (χ1n) is 8.46. The van der Waals surface area contributed by atoms with Crippen molar-refractivity contribution in [3.63, 3.8) is 0 Å². The molecule has 0 saturated carbocycles. The van der Waals surface area contributed by atoms with Crippen molar-refractivity contribution >= 4 is 69.4 Å². The van der Waals surface area contributed by atoms with Crippen LogP contribution in [0.15, 0.2) is 42.5 Å². The van der Waals surface area contributed by atoms with Crippen molar-refractivity contribution in [2.45, 2.75) is 9.96 Å². The van der Waals surface area contributed by atoms with Crippen molar-refractivity contribution in [2.75, 3.05) is 19.5 Å². The van der Waals surface area contributed by atoms with Crippen LogP contribution >= 0.6 is 47.0 Å². The van der Waals surface area contributed by atoms with Gasteiger partial charge in [0.1, 0.15) is 23.4 Å². The highest BCUT2D eigenvalue weighted by atomic mass is 35.6. The highest BCUT2D eigenvalue weighted by molar-refractivity contribution is 7.80. The van der Waals surface area contributed by atoms with Crippen molar-refractivity contribution in [1.82, 2.24) is 10.6 Å². The van der Waals surface area contributed by atoms with Gasteiger partial charge in [-0.2, -0.15) is 0 Å². The Labute approximate surface area is 198 Å². The smallest absolute Gasteiger partial charge is 0.296 e. The molecular weight excluding hydrogens is 491 g/mol. The van der Waals surface area contributed by atoms with Crippen molar-refractivity contribution in [3.05, 3.63) is 58.1 Å². The first kappa shape index (κ1) is 24.7. The summed E-state index contributed by atoms with van der Waals surface area (Å²) in [7, 11) is 2.85. The van der Waals surface area contributed by atoms with Crippen LogP contribution in [0.1, 0.15) is 10.4 Å². The van der Waals surface area contributed by atoms with Gasteiger partial charge in [-0.1, -0.05) is 40.9 Å². The molecule has 0 bridgehead atoms. The van der Waals surface area contributed by atoms with Crippen LogP contribution in [0.3, 0.4) is 0 Å². The number of anilines is 1. The second-order valence-electron chi connectivity index (χ2n) is 5.92. The lowest BCUT2D eigenvalue weighted by atomic mass is 10.2. The molecule has 0 unspecified atom stereocenters. The van der Waals surface area contributed by atoms with Crippen LogP contribution in [-0.4, -0.2) is 40.1 Å². The standard InChI is InChI=1S/C18H17Cl3N4O5S/c1-29-11-5-3-4-10(8-11)15(26)23-16(18(19,20)21)24-17(31)22-13-7-6-12(30-2)9-14(13)25(27)28/h3-9,16H,1-2H3,(H,23,26)(H2,22,24,31)/t16-/m0/s1. The summed E-state index contributed by atoms with van der Waals surface area (Å²) in [6, 6.07) is 10.5. The summed E-state index contributed by atoms with van der Waals surface area (Å²) >= 11 is 23.1. The van der Waals surface area contributed by atoms with Gasteiger partial charge in [0, 0.05) is 5.56 Å². The lowest BCUT2D eigenvalue weighted by Gasteiger charge is -2.27. The average Bonchev–Trinajstić information content (AvgIpc) is 2.72. The van der Waals surface area contributed by atoms with E-state index in [4.69, 9.17) is 56.5 Å². The zero-order valence-electron chi connectivity index (χ0n) is 16.1. The van der Waals surface area contributed by atoms with Crippen LogP contribution in [0, 0.1) is 10.1 Å². The number of hydrogen-bond donors (Lipinski definition) is 3. The zero-order chi connectivity index (χ0) is 23.2. The van der Waals surface area contributed by atoms with Crippen molar-refractivity contribution in [3.8, 4) is 11.5 Å². The normalized spacial score (nSPS) is 11.8. The molecule has 0 aliphatic heterocycles. The number of halogens is 3. The van der Waals surface area contributed by atoms with E-state index in [1.807, 2.05) is 0 Å². The Morgan fingerprint density at radius 2 is 1.74 bits per heavy atom. The van der Waals surface area contributed by atoms with E-state index < -0.39 is 20.8 Å². The number of nitrogens with one attached hydrogen (secondary N) is 3. The molecule has 0 fully saturated rings. The minimum absolute atomic E-state index is 0.0745. The minimum Gasteiger partial charge on any atom is -0.497 e. The van der Waals surface area contributed by atoms with Gasteiger partial charge in [0.15, 0.2) is 5.11 Å². The molecule has 3 N–H and O–H groups in total. The van der Waals surface area contributed by atoms with E-state index >= 15 is 0 Å². The van der Waals surface area contributed by atoms with E-state index in [1.165, 1.54) is 38.5 Å². The summed E-state index contributed by atoms with van der Waals surface area (Å²) in [4.78, 5) is 23.3. The third-order valence-electron chi connectivity index (χ3n) is 3.86. The SMILES string of the molecule is COc1cccc(C(=O)N[C@@H](NC(=S)Nc2ccc(OC)cc2[N+](=O)[O-])C(Cl)(Cl)Cl)c1. The molecule has 0 aromatic heterocycles. The third kappa shape index (κ3) is 7.00. The van der Waals surface area contributed by atoms with Crippen LogP contribution in [0.4, 0.5) is 11.4 Å². The fraction of sp³-hybridized carbons (Fsp3) is 0.222. The predicted molar refractivity (Wildman–Crippen MR) is 124 cm³/mol. The number of ether oxygens (including phenoxy) is 2. The molecule has 0 aliphatic carbocycles. The monoisotopic (exact) mass is 506 g/mol. The Morgan fingerprint density at radius 3 is 2.32 bits per heavy atom. The molecule has 2 rings (SSSR count). The maximum absolute atomic E-state index is 12.6. The minimum atomic E-state index is -2.01. The Bertz CT molecular complexity index is 987. The topological polar surface area (TPSA) is 115 Å². The number of nitro groups is 1. The molecule has 13 heteroatoms. The van der Waals surface area contributed by atoms with E-state index in [0.717, 1.165) is 0 Å². The van der Waals surface area contributed by atoms with Gasteiger partial charge in [-0.15, -0.1) is 0 Å². The molecule has 2 aromatic rings. The highest BCUT2D eigenvalue weighted by Gasteiger charge is 2.35. The Hall–Kier alpha value is -2.53. The van der Waals surface area contributed by atoms with Gasteiger partial charge in [-0.25, -0.2) is 0 Å².